The second-order valence-corrected chi connectivity index (χ2v) is 5.27. The zero-order chi connectivity index (χ0) is 14.4. The van der Waals surface area contributed by atoms with Crippen molar-refractivity contribution in [1.82, 2.24) is 15.2 Å². The van der Waals surface area contributed by atoms with E-state index in [9.17, 15) is 4.79 Å². The zero-order valence-corrected chi connectivity index (χ0v) is 12.0. The number of aliphatic hydroxyl groups excluding tert-OH is 1. The lowest BCUT2D eigenvalue weighted by Crippen LogP contribution is -2.26. The molecule has 1 atom stereocenters. The third-order valence-corrected chi connectivity index (χ3v) is 3.73. The summed E-state index contributed by atoms with van der Waals surface area (Å²) in [5, 5.41) is 11.3. The summed E-state index contributed by atoms with van der Waals surface area (Å²) < 4.78 is 0. The van der Waals surface area contributed by atoms with Crippen LogP contribution in [0.25, 0.3) is 0 Å². The molecule has 0 radical (unpaired) electrons. The van der Waals surface area contributed by atoms with Crippen molar-refractivity contribution in [1.29, 1.82) is 0 Å². The van der Waals surface area contributed by atoms with Crippen molar-refractivity contribution in [3.63, 3.8) is 0 Å². The molecule has 2 heterocycles. The Hall–Kier alpha value is -1.46. The normalized spacial score (nSPS) is 19.2. The number of pyridine rings is 1. The maximum absolute atomic E-state index is 11.5. The molecule has 1 fully saturated rings. The molecule has 0 bridgehead atoms. The Morgan fingerprint density at radius 2 is 2.40 bits per heavy atom. The van der Waals surface area contributed by atoms with Crippen LogP contribution < -0.4 is 5.32 Å². The number of carbonyl (C=O) groups is 1. The van der Waals surface area contributed by atoms with Gasteiger partial charge < -0.3 is 10.4 Å². The van der Waals surface area contributed by atoms with E-state index in [1.165, 1.54) is 6.42 Å². The topological polar surface area (TPSA) is 65.5 Å². The van der Waals surface area contributed by atoms with E-state index in [1.807, 2.05) is 12.1 Å². The Kier molecular flexibility index (Phi) is 5.49. The van der Waals surface area contributed by atoms with Crippen LogP contribution >= 0.6 is 0 Å². The van der Waals surface area contributed by atoms with Crippen molar-refractivity contribution in [3.05, 3.63) is 29.6 Å². The highest BCUT2D eigenvalue weighted by atomic mass is 16.3. The first kappa shape index (κ1) is 14.9. The average Bonchev–Trinajstić information content (AvgIpc) is 2.89. The lowest BCUT2D eigenvalue weighted by Gasteiger charge is -2.19. The predicted octanol–water partition coefficient (Wildman–Crippen LogP) is 0.889. The van der Waals surface area contributed by atoms with Crippen LogP contribution in [0.2, 0.25) is 0 Å². The molecule has 5 heteroatoms. The molecule has 0 aromatic carbocycles. The predicted molar refractivity (Wildman–Crippen MR) is 77.3 cm³/mol. The zero-order valence-electron chi connectivity index (χ0n) is 12.0. The van der Waals surface area contributed by atoms with Crippen molar-refractivity contribution in [2.75, 3.05) is 26.7 Å². The van der Waals surface area contributed by atoms with Gasteiger partial charge in [-0.2, -0.15) is 0 Å². The molecule has 0 saturated carbocycles. The summed E-state index contributed by atoms with van der Waals surface area (Å²) in [6.45, 7) is 1.42. The number of aromatic nitrogens is 1. The summed E-state index contributed by atoms with van der Waals surface area (Å²) in [4.78, 5) is 18.5. The molecule has 1 aliphatic rings. The van der Waals surface area contributed by atoms with E-state index in [-0.39, 0.29) is 12.5 Å². The number of aliphatic hydroxyl groups is 1. The number of likely N-dealkylation sites (tertiary alicyclic amines) is 1. The van der Waals surface area contributed by atoms with Crippen LogP contribution in [0, 0.1) is 0 Å². The molecule has 2 rings (SSSR count). The highest BCUT2D eigenvalue weighted by Crippen LogP contribution is 2.28. The van der Waals surface area contributed by atoms with Gasteiger partial charge in [-0.15, -0.1) is 0 Å². The lowest BCUT2D eigenvalue weighted by molar-refractivity contribution is -0.121. The van der Waals surface area contributed by atoms with Crippen LogP contribution in [-0.2, 0) is 11.2 Å². The van der Waals surface area contributed by atoms with Gasteiger partial charge in [-0.05, 0) is 45.0 Å². The van der Waals surface area contributed by atoms with Gasteiger partial charge in [-0.3, -0.25) is 14.7 Å². The van der Waals surface area contributed by atoms with Gasteiger partial charge in [0.1, 0.15) is 0 Å². The molecule has 5 nitrogen and oxygen atoms in total. The van der Waals surface area contributed by atoms with Gasteiger partial charge in [-0.1, -0.05) is 6.07 Å². The monoisotopic (exact) mass is 277 g/mol. The Morgan fingerprint density at radius 3 is 3.10 bits per heavy atom. The molecule has 110 valence electrons. The number of rotatable bonds is 6. The summed E-state index contributed by atoms with van der Waals surface area (Å²) in [5.74, 6) is -0.0377. The number of amides is 1. The van der Waals surface area contributed by atoms with Crippen LogP contribution in [0.3, 0.4) is 0 Å². The first-order valence-corrected chi connectivity index (χ1v) is 7.24. The number of carbonyl (C=O) groups excluding carboxylic acids is 1. The van der Waals surface area contributed by atoms with E-state index in [1.54, 1.807) is 0 Å². The number of hydrogen-bond acceptors (Lipinski definition) is 4. The summed E-state index contributed by atoms with van der Waals surface area (Å²) in [6, 6.07) is 6.48. The van der Waals surface area contributed by atoms with Gasteiger partial charge in [0.15, 0.2) is 0 Å². The van der Waals surface area contributed by atoms with Gasteiger partial charge in [-0.25, -0.2) is 0 Å². The number of nitrogens with zero attached hydrogens (tertiary/aromatic N) is 2. The summed E-state index contributed by atoms with van der Waals surface area (Å²) in [5.41, 5.74) is 2.07. The maximum Gasteiger partial charge on any atom is 0.220 e. The highest BCUT2D eigenvalue weighted by Gasteiger charge is 2.23. The second-order valence-electron chi connectivity index (χ2n) is 5.27. The average molecular weight is 277 g/mol. The van der Waals surface area contributed by atoms with E-state index in [2.05, 4.69) is 28.3 Å². The van der Waals surface area contributed by atoms with Gasteiger partial charge in [0.2, 0.25) is 5.91 Å². The minimum atomic E-state index is -0.0377. The minimum Gasteiger partial charge on any atom is -0.395 e. The van der Waals surface area contributed by atoms with Crippen molar-refractivity contribution >= 4 is 5.91 Å². The molecule has 1 saturated heterocycles. The molecule has 0 aliphatic carbocycles. The molecule has 1 aromatic rings. The first-order chi connectivity index (χ1) is 9.70. The van der Waals surface area contributed by atoms with Crippen molar-refractivity contribution in [3.8, 4) is 0 Å². The molecule has 1 aromatic heterocycles. The fourth-order valence-corrected chi connectivity index (χ4v) is 2.63. The molecule has 1 aliphatic heterocycles. The van der Waals surface area contributed by atoms with Gasteiger partial charge in [0, 0.05) is 18.7 Å². The third kappa shape index (κ3) is 4.02. The van der Waals surface area contributed by atoms with E-state index < -0.39 is 0 Å². The largest absolute Gasteiger partial charge is 0.395 e. The Bertz CT molecular complexity index is 450. The van der Waals surface area contributed by atoms with Crippen LogP contribution in [0.1, 0.15) is 36.7 Å². The number of nitrogens with one attached hydrogen (secondary N) is 1. The first-order valence-electron chi connectivity index (χ1n) is 7.24. The van der Waals surface area contributed by atoms with E-state index >= 15 is 0 Å². The van der Waals surface area contributed by atoms with Crippen molar-refractivity contribution in [2.45, 2.75) is 31.7 Å². The van der Waals surface area contributed by atoms with Crippen molar-refractivity contribution < 1.29 is 9.90 Å². The molecule has 0 spiro atoms. The number of aryl methyl sites for hydroxylation is 1. The summed E-state index contributed by atoms with van der Waals surface area (Å²) in [6.07, 6.45) is 3.43. The molecule has 1 unspecified atom stereocenters. The minimum absolute atomic E-state index is 0.0203. The summed E-state index contributed by atoms with van der Waals surface area (Å²) in [7, 11) is 2.13. The molecular formula is C15H23N3O2. The van der Waals surface area contributed by atoms with E-state index in [0.29, 0.717) is 25.4 Å². The summed E-state index contributed by atoms with van der Waals surface area (Å²) >= 11 is 0. The van der Waals surface area contributed by atoms with Gasteiger partial charge in [0.05, 0.1) is 18.3 Å². The Morgan fingerprint density at radius 1 is 1.55 bits per heavy atom. The fourth-order valence-electron chi connectivity index (χ4n) is 2.63. The molecule has 20 heavy (non-hydrogen) atoms. The standard InChI is InChI=1S/C15H23N3O2/c1-18-10-3-6-14(18)13-5-2-4-12(17-13)7-8-15(20)16-9-11-19/h2,4-5,14,19H,3,6-11H2,1H3,(H,16,20). The van der Waals surface area contributed by atoms with Crippen LogP contribution in [0.4, 0.5) is 0 Å². The molecule has 1 amide bonds. The van der Waals surface area contributed by atoms with Crippen LogP contribution in [-0.4, -0.2) is 47.6 Å². The molecular weight excluding hydrogens is 254 g/mol. The van der Waals surface area contributed by atoms with Gasteiger partial charge >= 0.3 is 0 Å². The fraction of sp³-hybridized carbons (Fsp3) is 0.600. The van der Waals surface area contributed by atoms with Crippen molar-refractivity contribution in [2.24, 2.45) is 0 Å². The van der Waals surface area contributed by atoms with E-state index in [4.69, 9.17) is 5.11 Å². The van der Waals surface area contributed by atoms with Crippen LogP contribution in [0.5, 0.6) is 0 Å². The SMILES string of the molecule is CN1CCCC1c1cccc(CCC(=O)NCCO)n1. The quantitative estimate of drug-likeness (QED) is 0.810. The lowest BCUT2D eigenvalue weighted by atomic mass is 10.1. The highest BCUT2D eigenvalue weighted by molar-refractivity contribution is 5.76. The Balaban J connectivity index is 1.91. The smallest absolute Gasteiger partial charge is 0.220 e. The van der Waals surface area contributed by atoms with Gasteiger partial charge in [0.25, 0.3) is 0 Å². The Labute approximate surface area is 120 Å². The second kappa shape index (κ2) is 7.36. The number of hydrogen-bond donors (Lipinski definition) is 2. The molecule has 2 N–H and O–H groups in total. The maximum atomic E-state index is 11.5. The van der Waals surface area contributed by atoms with Crippen LogP contribution in [0.15, 0.2) is 18.2 Å². The van der Waals surface area contributed by atoms with E-state index in [0.717, 1.165) is 24.4 Å². The third-order valence-electron chi connectivity index (χ3n) is 3.73.